The van der Waals surface area contributed by atoms with E-state index in [0.717, 1.165) is 5.92 Å². The molecule has 0 saturated heterocycles. The van der Waals surface area contributed by atoms with Crippen molar-refractivity contribution in [2.75, 3.05) is 7.05 Å². The molecular formula is C13H17Cl2N. The van der Waals surface area contributed by atoms with Gasteiger partial charge in [-0.25, -0.2) is 0 Å². The van der Waals surface area contributed by atoms with Crippen LogP contribution in [0.25, 0.3) is 0 Å². The highest BCUT2D eigenvalue weighted by molar-refractivity contribution is 6.42. The lowest BCUT2D eigenvalue weighted by atomic mass is 9.92. The van der Waals surface area contributed by atoms with Crippen molar-refractivity contribution in [2.24, 2.45) is 5.92 Å². The van der Waals surface area contributed by atoms with Gasteiger partial charge in [-0.3, -0.25) is 0 Å². The summed E-state index contributed by atoms with van der Waals surface area (Å²) in [6.07, 6.45) is 5.33. The van der Waals surface area contributed by atoms with Gasteiger partial charge in [0.2, 0.25) is 0 Å². The van der Waals surface area contributed by atoms with E-state index in [1.807, 2.05) is 19.2 Å². The monoisotopic (exact) mass is 257 g/mol. The molecule has 1 nitrogen and oxygen atoms in total. The molecule has 1 aliphatic carbocycles. The van der Waals surface area contributed by atoms with Crippen LogP contribution >= 0.6 is 23.2 Å². The van der Waals surface area contributed by atoms with E-state index in [-0.39, 0.29) is 0 Å². The molecule has 1 aliphatic rings. The van der Waals surface area contributed by atoms with Crippen molar-refractivity contribution in [2.45, 2.75) is 31.7 Å². The summed E-state index contributed by atoms with van der Waals surface area (Å²) >= 11 is 12.0. The highest BCUT2D eigenvalue weighted by Crippen LogP contribution is 2.37. The van der Waals surface area contributed by atoms with Gasteiger partial charge in [0.25, 0.3) is 0 Å². The highest BCUT2D eigenvalue weighted by Gasteiger charge is 2.25. The van der Waals surface area contributed by atoms with Gasteiger partial charge in [-0.1, -0.05) is 42.1 Å². The number of nitrogens with one attached hydrogen (secondary N) is 1. The fraction of sp³-hybridized carbons (Fsp3) is 0.538. The van der Waals surface area contributed by atoms with Gasteiger partial charge in [-0.2, -0.15) is 0 Å². The molecule has 1 saturated carbocycles. The Morgan fingerprint density at radius 1 is 1.19 bits per heavy atom. The summed E-state index contributed by atoms with van der Waals surface area (Å²) in [5, 5.41) is 4.69. The Labute approximate surface area is 107 Å². The van der Waals surface area contributed by atoms with Crippen LogP contribution in [-0.2, 0) is 0 Å². The van der Waals surface area contributed by atoms with Crippen molar-refractivity contribution in [3.8, 4) is 0 Å². The predicted molar refractivity (Wildman–Crippen MR) is 70.2 cm³/mol. The normalized spacial score (nSPS) is 18.9. The summed E-state index contributed by atoms with van der Waals surface area (Å²) in [7, 11) is 2.02. The van der Waals surface area contributed by atoms with Crippen LogP contribution in [0.4, 0.5) is 0 Å². The van der Waals surface area contributed by atoms with Gasteiger partial charge in [0.05, 0.1) is 10.0 Å². The minimum atomic E-state index is 0.414. The molecule has 0 aliphatic heterocycles. The average molecular weight is 258 g/mol. The van der Waals surface area contributed by atoms with E-state index in [9.17, 15) is 0 Å². The smallest absolute Gasteiger partial charge is 0.0595 e. The summed E-state index contributed by atoms with van der Waals surface area (Å²) in [5.74, 6) is 0.738. The fourth-order valence-electron chi connectivity index (χ4n) is 2.67. The zero-order chi connectivity index (χ0) is 11.5. The van der Waals surface area contributed by atoms with E-state index in [4.69, 9.17) is 23.2 Å². The molecule has 0 spiro atoms. The third kappa shape index (κ3) is 2.53. The van der Waals surface area contributed by atoms with Crippen molar-refractivity contribution in [3.05, 3.63) is 33.8 Å². The molecule has 0 radical (unpaired) electrons. The lowest BCUT2D eigenvalue weighted by molar-refractivity contribution is 0.390. The predicted octanol–water partition coefficient (Wildman–Crippen LogP) is 4.44. The zero-order valence-corrected chi connectivity index (χ0v) is 11.0. The first-order valence-corrected chi connectivity index (χ1v) is 6.60. The Kier molecular flexibility index (Phi) is 4.12. The summed E-state index contributed by atoms with van der Waals surface area (Å²) in [6.45, 7) is 0. The van der Waals surface area contributed by atoms with Crippen LogP contribution in [0, 0.1) is 5.92 Å². The van der Waals surface area contributed by atoms with Crippen LogP contribution in [0.5, 0.6) is 0 Å². The van der Waals surface area contributed by atoms with E-state index >= 15 is 0 Å². The molecule has 1 aromatic rings. The summed E-state index contributed by atoms with van der Waals surface area (Å²) < 4.78 is 0. The molecular weight excluding hydrogens is 241 g/mol. The number of hydrogen-bond acceptors (Lipinski definition) is 1. The first-order valence-electron chi connectivity index (χ1n) is 5.84. The first kappa shape index (κ1) is 12.2. The minimum absolute atomic E-state index is 0.414. The highest BCUT2D eigenvalue weighted by atomic mass is 35.5. The van der Waals surface area contributed by atoms with E-state index in [0.29, 0.717) is 16.1 Å². The quantitative estimate of drug-likeness (QED) is 0.844. The molecule has 0 bridgehead atoms. The summed E-state index contributed by atoms with van der Waals surface area (Å²) in [4.78, 5) is 0. The third-order valence-electron chi connectivity index (χ3n) is 3.49. The van der Waals surface area contributed by atoms with Crippen LogP contribution < -0.4 is 5.32 Å². The van der Waals surface area contributed by atoms with Crippen LogP contribution in [-0.4, -0.2) is 7.05 Å². The Balaban J connectivity index is 2.22. The van der Waals surface area contributed by atoms with E-state index in [2.05, 4.69) is 11.4 Å². The lowest BCUT2D eigenvalue weighted by Crippen LogP contribution is -2.23. The SMILES string of the molecule is CNC(c1ccc(Cl)c(Cl)c1)C1CCCC1. The van der Waals surface area contributed by atoms with Gasteiger partial charge in [0.15, 0.2) is 0 Å². The fourth-order valence-corrected chi connectivity index (χ4v) is 2.98. The first-order chi connectivity index (χ1) is 7.72. The van der Waals surface area contributed by atoms with Crippen LogP contribution in [0.1, 0.15) is 37.3 Å². The molecule has 0 heterocycles. The van der Waals surface area contributed by atoms with E-state index in [1.165, 1.54) is 31.2 Å². The molecule has 16 heavy (non-hydrogen) atoms. The second-order valence-electron chi connectivity index (χ2n) is 4.48. The van der Waals surface area contributed by atoms with Crippen molar-refractivity contribution >= 4 is 23.2 Å². The third-order valence-corrected chi connectivity index (χ3v) is 4.22. The van der Waals surface area contributed by atoms with Crippen LogP contribution in [0.15, 0.2) is 18.2 Å². The molecule has 1 N–H and O–H groups in total. The number of rotatable bonds is 3. The maximum absolute atomic E-state index is 6.06. The molecule has 3 heteroatoms. The Morgan fingerprint density at radius 2 is 1.88 bits per heavy atom. The second-order valence-corrected chi connectivity index (χ2v) is 5.30. The van der Waals surface area contributed by atoms with Gasteiger partial charge in [-0.05, 0) is 43.5 Å². The maximum Gasteiger partial charge on any atom is 0.0595 e. The zero-order valence-electron chi connectivity index (χ0n) is 9.47. The molecule has 1 aromatic carbocycles. The minimum Gasteiger partial charge on any atom is -0.313 e. The molecule has 1 fully saturated rings. The Bertz CT molecular complexity index is 359. The number of halogens is 2. The largest absolute Gasteiger partial charge is 0.313 e. The van der Waals surface area contributed by atoms with Crippen LogP contribution in [0.3, 0.4) is 0 Å². The average Bonchev–Trinajstić information content (AvgIpc) is 2.78. The summed E-state index contributed by atoms with van der Waals surface area (Å²) in [5.41, 5.74) is 1.25. The Morgan fingerprint density at radius 3 is 2.44 bits per heavy atom. The van der Waals surface area contributed by atoms with Crippen molar-refractivity contribution in [3.63, 3.8) is 0 Å². The van der Waals surface area contributed by atoms with Gasteiger partial charge in [0.1, 0.15) is 0 Å². The van der Waals surface area contributed by atoms with Crippen molar-refractivity contribution in [1.82, 2.24) is 5.32 Å². The maximum atomic E-state index is 6.06. The van der Waals surface area contributed by atoms with Crippen molar-refractivity contribution < 1.29 is 0 Å². The van der Waals surface area contributed by atoms with Gasteiger partial charge < -0.3 is 5.32 Å². The van der Waals surface area contributed by atoms with E-state index in [1.54, 1.807) is 0 Å². The molecule has 1 unspecified atom stereocenters. The van der Waals surface area contributed by atoms with Crippen molar-refractivity contribution in [1.29, 1.82) is 0 Å². The Hall–Kier alpha value is -0.240. The molecule has 0 amide bonds. The van der Waals surface area contributed by atoms with E-state index < -0.39 is 0 Å². The molecule has 0 aromatic heterocycles. The van der Waals surface area contributed by atoms with Gasteiger partial charge in [0, 0.05) is 6.04 Å². The lowest BCUT2D eigenvalue weighted by Gasteiger charge is -2.23. The summed E-state index contributed by atoms with van der Waals surface area (Å²) in [6, 6.07) is 6.37. The molecule has 1 atom stereocenters. The number of benzene rings is 1. The molecule has 2 rings (SSSR count). The standard InChI is InChI=1S/C13H17Cl2N/c1-16-13(9-4-2-3-5-9)10-6-7-11(14)12(15)8-10/h6-9,13,16H,2-5H2,1H3. The van der Waals surface area contributed by atoms with Gasteiger partial charge >= 0.3 is 0 Å². The second kappa shape index (κ2) is 5.39. The number of hydrogen-bond donors (Lipinski definition) is 1. The molecule has 88 valence electrons. The van der Waals surface area contributed by atoms with Gasteiger partial charge in [-0.15, -0.1) is 0 Å². The topological polar surface area (TPSA) is 12.0 Å². The van der Waals surface area contributed by atoms with Crippen LogP contribution in [0.2, 0.25) is 10.0 Å².